The molecule has 3 aromatic rings. The SMILES string of the molecule is CCNc1nc(Nc2cc(C#N)cc(N3CC[C@@H](NC(=O)OC)[C@H](OC(=O)CNC(=O)[C@H](C)N)C3)c2Cl)nn2c(C#N)cnc12.Cl. The normalized spacial score (nSPS) is 16.2. The predicted molar refractivity (Wildman–Crippen MR) is 169 cm³/mol. The molecule has 0 bridgehead atoms. The minimum absolute atomic E-state index is 0. The Kier molecular flexibility index (Phi) is 12.1. The highest BCUT2D eigenvalue weighted by Crippen LogP contribution is 2.37. The van der Waals surface area contributed by atoms with Crippen molar-refractivity contribution in [3.8, 4) is 12.1 Å². The van der Waals surface area contributed by atoms with Crippen molar-refractivity contribution in [2.75, 3.05) is 48.8 Å². The van der Waals surface area contributed by atoms with Crippen LogP contribution < -0.4 is 31.9 Å². The van der Waals surface area contributed by atoms with Gasteiger partial charge in [-0.2, -0.15) is 20.0 Å². The lowest BCUT2D eigenvalue weighted by Gasteiger charge is -2.39. The van der Waals surface area contributed by atoms with Crippen molar-refractivity contribution in [1.29, 1.82) is 10.5 Å². The molecule has 4 rings (SSSR count). The van der Waals surface area contributed by atoms with E-state index in [9.17, 15) is 24.9 Å². The number of carbonyl (C=O) groups excluding carboxylic acids is 3. The molecule has 1 saturated heterocycles. The summed E-state index contributed by atoms with van der Waals surface area (Å²) in [4.78, 5) is 47.0. The summed E-state index contributed by atoms with van der Waals surface area (Å²) < 4.78 is 11.7. The van der Waals surface area contributed by atoms with Crippen molar-refractivity contribution in [3.63, 3.8) is 0 Å². The van der Waals surface area contributed by atoms with Gasteiger partial charge in [-0.3, -0.25) is 9.59 Å². The van der Waals surface area contributed by atoms with Crippen LogP contribution in [0.3, 0.4) is 0 Å². The molecule has 244 valence electrons. The van der Waals surface area contributed by atoms with Gasteiger partial charge < -0.3 is 41.4 Å². The highest BCUT2D eigenvalue weighted by molar-refractivity contribution is 6.36. The van der Waals surface area contributed by atoms with Crippen LogP contribution in [0.4, 0.5) is 27.9 Å². The van der Waals surface area contributed by atoms with Crippen LogP contribution in [0.25, 0.3) is 5.65 Å². The number of alkyl carbamates (subject to hydrolysis) is 1. The van der Waals surface area contributed by atoms with E-state index in [0.717, 1.165) is 0 Å². The van der Waals surface area contributed by atoms with E-state index in [1.807, 2.05) is 13.0 Å². The Balaban J connectivity index is 0.00000576. The van der Waals surface area contributed by atoms with Crippen LogP contribution in [-0.4, -0.2) is 89.0 Å². The summed E-state index contributed by atoms with van der Waals surface area (Å²) in [5.74, 6) is -0.810. The highest BCUT2D eigenvalue weighted by atomic mass is 35.5. The van der Waals surface area contributed by atoms with Gasteiger partial charge in [-0.05, 0) is 32.4 Å². The molecule has 3 heterocycles. The number of hydrogen-bond donors (Lipinski definition) is 5. The Morgan fingerprint density at radius 3 is 2.67 bits per heavy atom. The van der Waals surface area contributed by atoms with Crippen LogP contribution >= 0.6 is 24.0 Å². The number of imidazole rings is 1. The zero-order valence-corrected chi connectivity index (χ0v) is 26.6. The number of benzene rings is 1. The van der Waals surface area contributed by atoms with Crippen molar-refractivity contribution in [3.05, 3.63) is 34.6 Å². The number of anilines is 4. The molecule has 0 unspecified atom stereocenters. The van der Waals surface area contributed by atoms with Gasteiger partial charge in [-0.15, -0.1) is 17.5 Å². The number of rotatable bonds is 10. The van der Waals surface area contributed by atoms with Gasteiger partial charge in [-0.1, -0.05) is 11.6 Å². The van der Waals surface area contributed by atoms with Gasteiger partial charge in [0, 0.05) is 13.1 Å². The average molecular weight is 676 g/mol. The second kappa shape index (κ2) is 15.8. The summed E-state index contributed by atoms with van der Waals surface area (Å²) in [6, 6.07) is 5.81. The third-order valence-electron chi connectivity index (χ3n) is 6.74. The summed E-state index contributed by atoms with van der Waals surface area (Å²) in [7, 11) is 1.22. The average Bonchev–Trinajstić information content (AvgIpc) is 3.45. The van der Waals surface area contributed by atoms with Gasteiger partial charge in [0.1, 0.15) is 18.7 Å². The highest BCUT2D eigenvalue weighted by Gasteiger charge is 2.35. The van der Waals surface area contributed by atoms with Gasteiger partial charge >= 0.3 is 12.1 Å². The van der Waals surface area contributed by atoms with E-state index in [0.29, 0.717) is 42.4 Å². The molecule has 2 amide bonds. The number of nitrogens with one attached hydrogen (secondary N) is 4. The number of esters is 1. The number of aromatic nitrogens is 4. The standard InChI is InChI=1S/C27H31ClN12O5.ClH/c1-4-32-23-24-33-11-16(10-30)40(24)38-26(37-23)35-18-7-15(9-29)8-19(22(18)28)39-6-5-17(36-27(43)44-3)20(13-39)45-21(41)12-34-25(42)14(2)31;/h7-8,11,14,17,20H,4-6,12-13,31H2,1-3H3,(H,34,42)(H,36,43)(H2,32,35,37,38);1H/t14-,17+,20+;/m0./s1. The summed E-state index contributed by atoms with van der Waals surface area (Å²) in [6.45, 7) is 3.88. The van der Waals surface area contributed by atoms with Crippen molar-refractivity contribution in [2.24, 2.45) is 5.73 Å². The maximum Gasteiger partial charge on any atom is 0.407 e. The molecule has 0 radical (unpaired) electrons. The van der Waals surface area contributed by atoms with Crippen molar-refractivity contribution >= 4 is 70.8 Å². The first-order valence-corrected chi connectivity index (χ1v) is 14.2. The predicted octanol–water partition coefficient (Wildman–Crippen LogP) is 1.43. The van der Waals surface area contributed by atoms with Gasteiger partial charge in [0.2, 0.25) is 11.9 Å². The lowest BCUT2D eigenvalue weighted by atomic mass is 10.0. The van der Waals surface area contributed by atoms with Gasteiger partial charge in [0.15, 0.2) is 17.2 Å². The first-order valence-electron chi connectivity index (χ1n) is 13.8. The molecule has 1 aliphatic rings. The van der Waals surface area contributed by atoms with Crippen molar-refractivity contribution in [2.45, 2.75) is 38.5 Å². The quantitative estimate of drug-likeness (QED) is 0.191. The van der Waals surface area contributed by atoms with Crippen LogP contribution in [0.15, 0.2) is 18.3 Å². The molecular formula is C27H32Cl2N12O5. The Morgan fingerprint density at radius 2 is 2.02 bits per heavy atom. The zero-order valence-electron chi connectivity index (χ0n) is 25.0. The van der Waals surface area contributed by atoms with Crippen LogP contribution in [0.5, 0.6) is 0 Å². The molecule has 0 spiro atoms. The van der Waals surface area contributed by atoms with E-state index in [2.05, 4.69) is 42.4 Å². The molecule has 17 nitrogen and oxygen atoms in total. The molecule has 0 aliphatic carbocycles. The minimum Gasteiger partial charge on any atom is -0.457 e. The Labute approximate surface area is 274 Å². The number of halogens is 2. The van der Waals surface area contributed by atoms with Crippen LogP contribution in [0, 0.1) is 22.7 Å². The van der Waals surface area contributed by atoms with E-state index >= 15 is 0 Å². The largest absolute Gasteiger partial charge is 0.457 e. The molecule has 1 fully saturated rings. The van der Waals surface area contributed by atoms with Crippen LogP contribution in [0.2, 0.25) is 5.02 Å². The fraction of sp³-hybridized carbons (Fsp3) is 0.407. The fourth-order valence-electron chi connectivity index (χ4n) is 4.57. The number of amides is 2. The number of methoxy groups -OCH3 is 1. The Morgan fingerprint density at radius 1 is 1.26 bits per heavy atom. The van der Waals surface area contributed by atoms with Crippen molar-refractivity contribution < 1.29 is 23.9 Å². The fourth-order valence-corrected chi connectivity index (χ4v) is 4.85. The van der Waals surface area contributed by atoms with E-state index < -0.39 is 42.7 Å². The molecule has 1 aromatic carbocycles. The number of fused-ring (bicyclic) bond motifs is 1. The number of carbonyl (C=O) groups is 3. The topological polar surface area (TPSA) is 238 Å². The van der Waals surface area contributed by atoms with Crippen molar-refractivity contribution in [1.82, 2.24) is 30.2 Å². The second-order valence-electron chi connectivity index (χ2n) is 9.91. The molecule has 3 atom stereocenters. The summed E-state index contributed by atoms with van der Waals surface area (Å²) >= 11 is 6.88. The molecule has 46 heavy (non-hydrogen) atoms. The van der Waals surface area contributed by atoms with Gasteiger partial charge in [-0.25, -0.2) is 9.78 Å². The number of nitrogens with two attached hydrogens (primary N) is 1. The first kappa shape index (κ1) is 35.4. The number of piperidine rings is 1. The summed E-state index contributed by atoms with van der Waals surface area (Å²) in [5.41, 5.74) is 7.07. The number of nitrogens with zero attached hydrogens (tertiary/aromatic N) is 7. The lowest BCUT2D eigenvalue weighted by molar-refractivity contribution is -0.150. The van der Waals surface area contributed by atoms with Gasteiger partial charge in [0.25, 0.3) is 0 Å². The molecule has 19 heteroatoms. The molecule has 2 aromatic heterocycles. The van der Waals surface area contributed by atoms with Crippen LogP contribution in [0.1, 0.15) is 31.5 Å². The zero-order chi connectivity index (χ0) is 32.7. The first-order chi connectivity index (χ1) is 21.6. The van der Waals surface area contributed by atoms with E-state index in [4.69, 9.17) is 26.8 Å². The molecular weight excluding hydrogens is 643 g/mol. The molecule has 1 aliphatic heterocycles. The van der Waals surface area contributed by atoms with E-state index in [1.165, 1.54) is 30.8 Å². The monoisotopic (exact) mass is 674 g/mol. The number of ether oxygens (including phenoxy) is 2. The number of nitriles is 2. The maximum atomic E-state index is 12.6. The van der Waals surface area contributed by atoms with Crippen LogP contribution in [-0.2, 0) is 19.1 Å². The summed E-state index contributed by atoms with van der Waals surface area (Å²) in [5, 5.41) is 35.1. The minimum atomic E-state index is -0.880. The Bertz CT molecular complexity index is 1690. The van der Waals surface area contributed by atoms with E-state index in [1.54, 1.807) is 11.0 Å². The maximum absolute atomic E-state index is 12.6. The van der Waals surface area contributed by atoms with Gasteiger partial charge in [0.05, 0.1) is 60.0 Å². The smallest absolute Gasteiger partial charge is 0.407 e. The number of hydrogen-bond acceptors (Lipinski definition) is 14. The lowest BCUT2D eigenvalue weighted by Crippen LogP contribution is -2.56. The second-order valence-corrected chi connectivity index (χ2v) is 10.3. The third-order valence-corrected chi connectivity index (χ3v) is 7.14. The summed E-state index contributed by atoms with van der Waals surface area (Å²) in [6.07, 6.45) is 0.111. The Hall–Kier alpha value is -5.10. The third kappa shape index (κ3) is 8.13. The molecule has 0 saturated carbocycles. The van der Waals surface area contributed by atoms with E-state index in [-0.39, 0.29) is 41.2 Å². The molecule has 6 N–H and O–H groups in total.